The predicted octanol–water partition coefficient (Wildman–Crippen LogP) is 2.27. The quantitative estimate of drug-likeness (QED) is 0.628. The van der Waals surface area contributed by atoms with Gasteiger partial charge < -0.3 is 10.1 Å². The molecule has 0 aromatic heterocycles. The van der Waals surface area contributed by atoms with Crippen molar-refractivity contribution in [3.8, 4) is 0 Å². The third kappa shape index (κ3) is 5.36. The zero-order valence-electron chi connectivity index (χ0n) is 11.9. The Morgan fingerprint density at radius 1 is 1.24 bits per heavy atom. The van der Waals surface area contributed by atoms with Crippen molar-refractivity contribution in [2.75, 3.05) is 32.8 Å². The maximum Gasteiger partial charge on any atom is 0.0477 e. The molecule has 3 nitrogen and oxygen atoms in total. The minimum atomic E-state index is 0.783. The number of nitrogens with zero attached hydrogens (tertiary/aromatic N) is 1. The maximum absolute atomic E-state index is 5.31. The molecule has 2 unspecified atom stereocenters. The summed E-state index contributed by atoms with van der Waals surface area (Å²) < 4.78 is 5.31. The summed E-state index contributed by atoms with van der Waals surface area (Å²) in [5.41, 5.74) is 0. The highest BCUT2D eigenvalue weighted by Gasteiger charge is 2.28. The summed E-state index contributed by atoms with van der Waals surface area (Å²) in [6.45, 7) is 11.9. The highest BCUT2D eigenvalue weighted by Crippen LogP contribution is 2.24. The van der Waals surface area contributed by atoms with Crippen LogP contribution in [0.2, 0.25) is 0 Å². The number of hydrogen-bond acceptors (Lipinski definition) is 3. The molecule has 1 aliphatic heterocycles. The molecular weight excluding hydrogens is 212 g/mol. The van der Waals surface area contributed by atoms with Crippen molar-refractivity contribution in [2.24, 2.45) is 0 Å². The minimum Gasteiger partial charge on any atom is -0.382 e. The zero-order valence-corrected chi connectivity index (χ0v) is 11.9. The fraction of sp³-hybridized carbons (Fsp3) is 1.00. The van der Waals surface area contributed by atoms with Gasteiger partial charge in [-0.05, 0) is 46.1 Å². The van der Waals surface area contributed by atoms with Crippen molar-refractivity contribution in [3.63, 3.8) is 0 Å². The van der Waals surface area contributed by atoms with Crippen molar-refractivity contribution in [1.82, 2.24) is 10.2 Å². The van der Waals surface area contributed by atoms with Crippen molar-refractivity contribution in [2.45, 2.75) is 58.5 Å². The fourth-order valence-corrected chi connectivity index (χ4v) is 2.74. The molecule has 0 bridgehead atoms. The van der Waals surface area contributed by atoms with Crippen LogP contribution in [0.25, 0.3) is 0 Å². The van der Waals surface area contributed by atoms with Crippen LogP contribution in [-0.4, -0.2) is 49.8 Å². The molecule has 0 aromatic carbocycles. The molecule has 0 radical (unpaired) electrons. The molecule has 3 heteroatoms. The first-order valence-corrected chi connectivity index (χ1v) is 7.33. The predicted molar refractivity (Wildman–Crippen MR) is 73.5 cm³/mol. The summed E-state index contributed by atoms with van der Waals surface area (Å²) in [7, 11) is 0. The van der Waals surface area contributed by atoms with Gasteiger partial charge in [0.2, 0.25) is 0 Å². The molecule has 1 fully saturated rings. The van der Waals surface area contributed by atoms with Gasteiger partial charge in [-0.25, -0.2) is 0 Å². The Morgan fingerprint density at radius 3 is 2.76 bits per heavy atom. The standard InChI is InChI=1S/C14H30N2O/c1-4-14-8-7-13(3)16(14)11-10-15-9-6-12-17-5-2/h13-15H,4-12H2,1-3H3. The molecule has 1 saturated heterocycles. The number of ether oxygens (including phenoxy) is 1. The summed E-state index contributed by atoms with van der Waals surface area (Å²) in [4.78, 5) is 2.68. The third-order valence-electron chi connectivity index (χ3n) is 3.82. The molecule has 1 rings (SSSR count). The van der Waals surface area contributed by atoms with E-state index in [9.17, 15) is 0 Å². The monoisotopic (exact) mass is 242 g/mol. The van der Waals surface area contributed by atoms with Gasteiger partial charge in [-0.15, -0.1) is 0 Å². The first-order valence-electron chi connectivity index (χ1n) is 7.33. The number of hydrogen-bond donors (Lipinski definition) is 1. The van der Waals surface area contributed by atoms with Crippen molar-refractivity contribution >= 4 is 0 Å². The van der Waals surface area contributed by atoms with Gasteiger partial charge in [-0.1, -0.05) is 6.92 Å². The lowest BCUT2D eigenvalue weighted by Gasteiger charge is -2.27. The van der Waals surface area contributed by atoms with Crippen molar-refractivity contribution in [1.29, 1.82) is 0 Å². The summed E-state index contributed by atoms with van der Waals surface area (Å²) in [5.74, 6) is 0. The van der Waals surface area contributed by atoms with Crippen LogP contribution < -0.4 is 5.32 Å². The second-order valence-corrected chi connectivity index (χ2v) is 5.03. The van der Waals surface area contributed by atoms with Crippen LogP contribution >= 0.6 is 0 Å². The first kappa shape index (κ1) is 14.9. The van der Waals surface area contributed by atoms with Gasteiger partial charge in [-0.3, -0.25) is 4.90 Å². The van der Waals surface area contributed by atoms with Gasteiger partial charge in [-0.2, -0.15) is 0 Å². The SMILES string of the molecule is CCOCCCNCCN1C(C)CCC1CC. The molecule has 0 amide bonds. The largest absolute Gasteiger partial charge is 0.382 e. The lowest BCUT2D eigenvalue weighted by Crippen LogP contribution is -2.39. The number of nitrogens with one attached hydrogen (secondary N) is 1. The molecule has 0 spiro atoms. The zero-order chi connectivity index (χ0) is 12.5. The third-order valence-corrected chi connectivity index (χ3v) is 3.82. The molecule has 102 valence electrons. The van der Waals surface area contributed by atoms with E-state index in [-0.39, 0.29) is 0 Å². The van der Waals surface area contributed by atoms with Gasteiger partial charge in [0.25, 0.3) is 0 Å². The Balaban J connectivity index is 2.01. The average Bonchev–Trinajstić information content (AvgIpc) is 2.69. The van der Waals surface area contributed by atoms with Gasteiger partial charge in [0.05, 0.1) is 0 Å². The molecular formula is C14H30N2O. The first-order chi connectivity index (χ1) is 8.29. The van der Waals surface area contributed by atoms with E-state index in [1.165, 1.54) is 25.8 Å². The molecule has 0 saturated carbocycles. The van der Waals surface area contributed by atoms with E-state index in [0.29, 0.717) is 0 Å². The second-order valence-electron chi connectivity index (χ2n) is 5.03. The second kappa shape index (κ2) is 8.90. The molecule has 2 atom stereocenters. The number of rotatable bonds is 9. The van der Waals surface area contributed by atoms with Crippen LogP contribution in [0.5, 0.6) is 0 Å². The van der Waals surface area contributed by atoms with Crippen LogP contribution in [0.4, 0.5) is 0 Å². The van der Waals surface area contributed by atoms with Gasteiger partial charge in [0.15, 0.2) is 0 Å². The Hall–Kier alpha value is -0.120. The summed E-state index contributed by atoms with van der Waals surface area (Å²) in [6, 6.07) is 1.61. The van der Waals surface area contributed by atoms with Crippen LogP contribution in [0, 0.1) is 0 Å². The highest BCUT2D eigenvalue weighted by molar-refractivity contribution is 4.84. The van der Waals surface area contributed by atoms with Crippen molar-refractivity contribution in [3.05, 3.63) is 0 Å². The summed E-state index contributed by atoms with van der Waals surface area (Å²) in [6.07, 6.45) is 5.19. The van der Waals surface area contributed by atoms with Crippen LogP contribution in [-0.2, 0) is 4.74 Å². The molecule has 17 heavy (non-hydrogen) atoms. The van der Waals surface area contributed by atoms with E-state index in [4.69, 9.17) is 4.74 Å². The molecule has 1 N–H and O–H groups in total. The lowest BCUT2D eigenvalue weighted by atomic mass is 10.1. The van der Waals surface area contributed by atoms with Gasteiger partial charge in [0.1, 0.15) is 0 Å². The lowest BCUT2D eigenvalue weighted by molar-refractivity contribution is 0.144. The Labute approximate surface area is 107 Å². The van der Waals surface area contributed by atoms with E-state index in [2.05, 4.69) is 24.1 Å². The minimum absolute atomic E-state index is 0.783. The molecule has 1 heterocycles. The summed E-state index contributed by atoms with van der Waals surface area (Å²) in [5, 5.41) is 3.51. The Bertz CT molecular complexity index is 187. The van der Waals surface area contributed by atoms with E-state index in [1.807, 2.05) is 6.92 Å². The smallest absolute Gasteiger partial charge is 0.0477 e. The molecule has 1 aliphatic rings. The van der Waals surface area contributed by atoms with Gasteiger partial charge >= 0.3 is 0 Å². The maximum atomic E-state index is 5.31. The molecule has 0 aliphatic carbocycles. The Morgan fingerprint density at radius 2 is 2.06 bits per heavy atom. The van der Waals surface area contributed by atoms with Gasteiger partial charge in [0, 0.05) is 38.4 Å². The van der Waals surface area contributed by atoms with Crippen molar-refractivity contribution < 1.29 is 4.74 Å². The van der Waals surface area contributed by atoms with E-state index < -0.39 is 0 Å². The average molecular weight is 242 g/mol. The van der Waals surface area contributed by atoms with Crippen LogP contribution in [0.3, 0.4) is 0 Å². The van der Waals surface area contributed by atoms with E-state index in [1.54, 1.807) is 0 Å². The van der Waals surface area contributed by atoms with E-state index in [0.717, 1.165) is 44.8 Å². The van der Waals surface area contributed by atoms with Crippen LogP contribution in [0.1, 0.15) is 46.5 Å². The normalized spacial score (nSPS) is 25.6. The Kier molecular flexibility index (Phi) is 7.82. The molecule has 0 aromatic rings. The topological polar surface area (TPSA) is 24.5 Å². The highest BCUT2D eigenvalue weighted by atomic mass is 16.5. The summed E-state index contributed by atoms with van der Waals surface area (Å²) >= 11 is 0. The van der Waals surface area contributed by atoms with E-state index >= 15 is 0 Å². The fourth-order valence-electron chi connectivity index (χ4n) is 2.74. The number of likely N-dealkylation sites (tertiary alicyclic amines) is 1. The van der Waals surface area contributed by atoms with Crippen LogP contribution in [0.15, 0.2) is 0 Å².